The molecule has 0 bridgehead atoms. The number of benzene rings is 1. The number of morpholine rings is 1. The number of aryl methyl sites for hydroxylation is 1. The minimum absolute atomic E-state index is 0.0930. The van der Waals surface area contributed by atoms with Gasteiger partial charge in [0.05, 0.1) is 18.1 Å². The average Bonchev–Trinajstić information content (AvgIpc) is 3.21. The zero-order valence-corrected chi connectivity index (χ0v) is 17.7. The summed E-state index contributed by atoms with van der Waals surface area (Å²) in [5.74, 6) is 0.855. The molecule has 154 valence electrons. The van der Waals surface area contributed by atoms with Crippen LogP contribution >= 0.6 is 11.3 Å². The Morgan fingerprint density at radius 2 is 1.59 bits per heavy atom. The summed E-state index contributed by atoms with van der Waals surface area (Å²) in [6.45, 7) is 6.27. The first-order valence-electron chi connectivity index (χ1n) is 10.4. The topological polar surface area (TPSA) is 49.9 Å². The molecule has 0 saturated carbocycles. The molecule has 5 nitrogen and oxygen atoms in total. The first kappa shape index (κ1) is 20.1. The standard InChI is InChI=1S/C23H28N2O3S/c1-17-2-7-21(29-17)23(27)24-10-8-19(9-11-24)16-18-3-5-20(6-4-18)22(26)25-12-14-28-15-13-25/h2-7,19H,8-16H2,1H3. The van der Waals surface area contributed by atoms with Crippen LogP contribution in [0.4, 0.5) is 0 Å². The Morgan fingerprint density at radius 3 is 2.21 bits per heavy atom. The Balaban J connectivity index is 1.28. The number of carbonyl (C=O) groups is 2. The molecule has 2 aliphatic rings. The molecule has 1 aromatic heterocycles. The predicted molar refractivity (Wildman–Crippen MR) is 115 cm³/mol. The molecule has 29 heavy (non-hydrogen) atoms. The largest absolute Gasteiger partial charge is 0.378 e. The maximum absolute atomic E-state index is 12.6. The van der Waals surface area contributed by atoms with E-state index >= 15 is 0 Å². The third-order valence-corrected chi connectivity index (χ3v) is 6.87. The van der Waals surface area contributed by atoms with Gasteiger partial charge in [-0.05, 0) is 61.9 Å². The highest BCUT2D eigenvalue weighted by Crippen LogP contribution is 2.25. The third-order valence-electron chi connectivity index (χ3n) is 5.88. The highest BCUT2D eigenvalue weighted by atomic mass is 32.1. The van der Waals surface area contributed by atoms with Crippen LogP contribution in [0.15, 0.2) is 36.4 Å². The highest BCUT2D eigenvalue weighted by molar-refractivity contribution is 7.13. The van der Waals surface area contributed by atoms with Crippen molar-refractivity contribution < 1.29 is 14.3 Å². The van der Waals surface area contributed by atoms with Gasteiger partial charge in [-0.2, -0.15) is 0 Å². The van der Waals surface area contributed by atoms with Crippen LogP contribution in [0.3, 0.4) is 0 Å². The smallest absolute Gasteiger partial charge is 0.263 e. The van der Waals surface area contributed by atoms with Crippen LogP contribution in [0.1, 0.15) is 43.3 Å². The fraction of sp³-hybridized carbons (Fsp3) is 0.478. The molecular formula is C23H28N2O3S. The van der Waals surface area contributed by atoms with Gasteiger partial charge in [-0.1, -0.05) is 12.1 Å². The molecule has 2 fully saturated rings. The molecule has 1 aromatic carbocycles. The second-order valence-corrected chi connectivity index (χ2v) is 9.24. The van der Waals surface area contributed by atoms with Crippen molar-refractivity contribution in [3.05, 3.63) is 57.3 Å². The molecule has 0 atom stereocenters. The van der Waals surface area contributed by atoms with Crippen LogP contribution in [-0.2, 0) is 11.2 Å². The van der Waals surface area contributed by atoms with E-state index in [1.807, 2.05) is 41.0 Å². The van der Waals surface area contributed by atoms with Crippen molar-refractivity contribution in [3.63, 3.8) is 0 Å². The molecule has 6 heteroatoms. The Hall–Kier alpha value is -2.18. The number of rotatable bonds is 4. The van der Waals surface area contributed by atoms with Crippen molar-refractivity contribution in [1.29, 1.82) is 0 Å². The molecule has 3 heterocycles. The first-order chi connectivity index (χ1) is 14.1. The number of nitrogens with zero attached hydrogens (tertiary/aromatic N) is 2. The maximum Gasteiger partial charge on any atom is 0.263 e. The number of thiophene rings is 1. The summed E-state index contributed by atoms with van der Waals surface area (Å²) in [4.78, 5) is 31.0. The van der Waals surface area contributed by atoms with Gasteiger partial charge in [-0.3, -0.25) is 9.59 Å². The van der Waals surface area contributed by atoms with E-state index in [-0.39, 0.29) is 11.8 Å². The number of ether oxygens (including phenoxy) is 1. The van der Waals surface area contributed by atoms with Crippen LogP contribution in [0.25, 0.3) is 0 Å². The average molecular weight is 413 g/mol. The molecule has 2 saturated heterocycles. The normalized spacial score (nSPS) is 18.1. The lowest BCUT2D eigenvalue weighted by Crippen LogP contribution is -2.40. The van der Waals surface area contributed by atoms with Crippen LogP contribution in [0.5, 0.6) is 0 Å². The maximum atomic E-state index is 12.6. The van der Waals surface area contributed by atoms with Gasteiger partial charge in [0.1, 0.15) is 0 Å². The van der Waals surface area contributed by atoms with Crippen LogP contribution in [-0.4, -0.2) is 61.0 Å². The van der Waals surface area contributed by atoms with E-state index in [1.54, 1.807) is 11.3 Å². The SMILES string of the molecule is Cc1ccc(C(=O)N2CCC(Cc3ccc(C(=O)N4CCOCC4)cc3)CC2)s1. The lowest BCUT2D eigenvalue weighted by atomic mass is 9.90. The number of hydrogen-bond acceptors (Lipinski definition) is 4. The summed E-state index contributed by atoms with van der Waals surface area (Å²) in [6.07, 6.45) is 3.07. The molecule has 0 N–H and O–H groups in total. The molecule has 0 radical (unpaired) electrons. The van der Waals surface area contributed by atoms with Gasteiger partial charge in [-0.15, -0.1) is 11.3 Å². The Bertz CT molecular complexity index is 847. The fourth-order valence-electron chi connectivity index (χ4n) is 4.11. The molecule has 0 unspecified atom stereocenters. The van der Waals surface area contributed by atoms with Gasteiger partial charge in [0, 0.05) is 36.6 Å². The molecule has 2 aliphatic heterocycles. The molecule has 2 aromatic rings. The lowest BCUT2D eigenvalue weighted by molar-refractivity contribution is 0.0303. The number of likely N-dealkylation sites (tertiary alicyclic amines) is 1. The van der Waals surface area contributed by atoms with E-state index in [1.165, 1.54) is 10.4 Å². The number of piperidine rings is 1. The van der Waals surface area contributed by atoms with E-state index in [0.29, 0.717) is 32.2 Å². The van der Waals surface area contributed by atoms with Gasteiger partial charge in [-0.25, -0.2) is 0 Å². The molecule has 0 aliphatic carbocycles. The summed E-state index contributed by atoms with van der Waals surface area (Å²) in [5.41, 5.74) is 2.02. The van der Waals surface area contributed by atoms with Crippen LogP contribution in [0, 0.1) is 12.8 Å². The number of carbonyl (C=O) groups excluding carboxylic acids is 2. The molecule has 0 spiro atoms. The van der Waals surface area contributed by atoms with Crippen LogP contribution < -0.4 is 0 Å². The highest BCUT2D eigenvalue weighted by Gasteiger charge is 2.25. The molecular weight excluding hydrogens is 384 g/mol. The second kappa shape index (κ2) is 9.09. The van der Waals surface area contributed by atoms with Gasteiger partial charge >= 0.3 is 0 Å². The van der Waals surface area contributed by atoms with Crippen LogP contribution in [0.2, 0.25) is 0 Å². The fourth-order valence-corrected chi connectivity index (χ4v) is 4.95. The summed E-state index contributed by atoms with van der Waals surface area (Å²) in [7, 11) is 0. The Morgan fingerprint density at radius 1 is 0.931 bits per heavy atom. The summed E-state index contributed by atoms with van der Waals surface area (Å²) >= 11 is 1.58. The second-order valence-electron chi connectivity index (χ2n) is 7.95. The lowest BCUT2D eigenvalue weighted by Gasteiger charge is -2.32. The zero-order valence-electron chi connectivity index (χ0n) is 16.9. The minimum Gasteiger partial charge on any atom is -0.378 e. The van der Waals surface area contributed by atoms with E-state index in [0.717, 1.165) is 42.8 Å². The summed E-state index contributed by atoms with van der Waals surface area (Å²) < 4.78 is 5.32. The predicted octanol–water partition coefficient (Wildman–Crippen LogP) is 3.62. The molecule has 2 amide bonds. The van der Waals surface area contributed by atoms with E-state index in [4.69, 9.17) is 4.74 Å². The van der Waals surface area contributed by atoms with Crippen molar-refractivity contribution in [3.8, 4) is 0 Å². The quantitative estimate of drug-likeness (QED) is 0.771. The third kappa shape index (κ3) is 4.87. The minimum atomic E-state index is 0.0930. The van der Waals surface area contributed by atoms with Crippen molar-refractivity contribution >= 4 is 23.2 Å². The Labute approximate surface area is 176 Å². The van der Waals surface area contributed by atoms with E-state index in [2.05, 4.69) is 12.1 Å². The van der Waals surface area contributed by atoms with Crippen molar-refractivity contribution in [2.24, 2.45) is 5.92 Å². The van der Waals surface area contributed by atoms with Crippen molar-refractivity contribution in [2.75, 3.05) is 39.4 Å². The molecule has 4 rings (SSSR count). The van der Waals surface area contributed by atoms with E-state index < -0.39 is 0 Å². The summed E-state index contributed by atoms with van der Waals surface area (Å²) in [6, 6.07) is 12.0. The van der Waals surface area contributed by atoms with Gasteiger partial charge in [0.25, 0.3) is 11.8 Å². The number of amides is 2. The van der Waals surface area contributed by atoms with Gasteiger partial charge < -0.3 is 14.5 Å². The van der Waals surface area contributed by atoms with Gasteiger partial charge in [0.2, 0.25) is 0 Å². The Kier molecular flexibility index (Phi) is 6.31. The monoisotopic (exact) mass is 412 g/mol. The number of hydrogen-bond donors (Lipinski definition) is 0. The van der Waals surface area contributed by atoms with Crippen molar-refractivity contribution in [1.82, 2.24) is 9.80 Å². The summed E-state index contributed by atoms with van der Waals surface area (Å²) in [5, 5.41) is 0. The first-order valence-corrected chi connectivity index (χ1v) is 11.2. The van der Waals surface area contributed by atoms with Crippen molar-refractivity contribution in [2.45, 2.75) is 26.2 Å². The zero-order chi connectivity index (χ0) is 20.2. The van der Waals surface area contributed by atoms with Gasteiger partial charge in [0.15, 0.2) is 0 Å². The van der Waals surface area contributed by atoms with E-state index in [9.17, 15) is 9.59 Å².